The van der Waals surface area contributed by atoms with E-state index >= 15 is 0 Å². The van der Waals surface area contributed by atoms with Crippen molar-refractivity contribution in [1.29, 1.82) is 10.5 Å². The Hall–Kier alpha value is -7.34. The summed E-state index contributed by atoms with van der Waals surface area (Å²) in [5.41, 5.74) is 15.8. The summed E-state index contributed by atoms with van der Waals surface area (Å²) in [6.45, 7) is 2.08. The Morgan fingerprint density at radius 2 is 0.875 bits per heavy atom. The molecule has 0 bridgehead atoms. The summed E-state index contributed by atoms with van der Waals surface area (Å²) in [6, 6.07) is 47.8. The van der Waals surface area contributed by atoms with Crippen LogP contribution in [0.5, 0.6) is 0 Å². The highest BCUT2D eigenvalue weighted by Gasteiger charge is 2.26. The summed E-state index contributed by atoms with van der Waals surface area (Å²) in [5.74, 6) is 0. The highest BCUT2D eigenvalue weighted by atomic mass is 15.1. The minimum atomic E-state index is 0.515. The fourth-order valence-corrected chi connectivity index (χ4v) is 9.58. The van der Waals surface area contributed by atoms with Gasteiger partial charge < -0.3 is 13.7 Å². The van der Waals surface area contributed by atoms with E-state index in [4.69, 9.17) is 0 Å². The molecule has 56 heavy (non-hydrogen) atoms. The first-order valence-electron chi connectivity index (χ1n) is 19.3. The predicted molar refractivity (Wildman–Crippen MR) is 229 cm³/mol. The summed E-state index contributed by atoms with van der Waals surface area (Å²) in [5, 5.41) is 26.7. The molecule has 2 aliphatic carbocycles. The maximum Gasteiger partial charge on any atom is 0.0999 e. The topological polar surface area (TPSA) is 62.4 Å². The number of benzene rings is 6. The molecule has 0 saturated heterocycles. The van der Waals surface area contributed by atoms with Crippen molar-refractivity contribution in [1.82, 2.24) is 13.7 Å². The van der Waals surface area contributed by atoms with Crippen LogP contribution in [0.2, 0.25) is 0 Å². The maximum atomic E-state index is 11.1. The highest BCUT2D eigenvalue weighted by molar-refractivity contribution is 6.10. The van der Waals surface area contributed by atoms with E-state index in [0.29, 0.717) is 11.1 Å². The lowest BCUT2D eigenvalue weighted by atomic mass is 9.92. The van der Waals surface area contributed by atoms with Gasteiger partial charge in [-0.05, 0) is 110 Å². The molecule has 2 aliphatic rings. The van der Waals surface area contributed by atoms with Crippen molar-refractivity contribution >= 4 is 55.8 Å². The molecule has 0 atom stereocenters. The lowest BCUT2D eigenvalue weighted by molar-refractivity contribution is 0.962. The van der Waals surface area contributed by atoms with Gasteiger partial charge in [0.05, 0.1) is 56.7 Å². The Bertz CT molecular complexity index is 3240. The van der Waals surface area contributed by atoms with Crippen LogP contribution in [0, 0.1) is 29.6 Å². The molecule has 0 unspecified atom stereocenters. The molecule has 11 rings (SSSR count). The van der Waals surface area contributed by atoms with Crippen LogP contribution < -0.4 is 0 Å². The van der Waals surface area contributed by atoms with Crippen LogP contribution in [0.15, 0.2) is 133 Å². The second-order valence-corrected chi connectivity index (χ2v) is 15.0. The fraction of sp³-hybridized carbons (Fsp3) is 0.0980. The zero-order valence-corrected chi connectivity index (χ0v) is 30.9. The number of rotatable bonds is 4. The zero-order valence-electron chi connectivity index (χ0n) is 30.9. The lowest BCUT2D eigenvalue weighted by Gasteiger charge is -2.22. The van der Waals surface area contributed by atoms with E-state index in [-0.39, 0.29) is 0 Å². The third-order valence-electron chi connectivity index (χ3n) is 12.0. The number of nitrogens with zero attached hydrogens (tertiary/aromatic N) is 5. The minimum Gasteiger partial charge on any atom is -0.309 e. The second kappa shape index (κ2) is 12.4. The lowest BCUT2D eigenvalue weighted by Crippen LogP contribution is -2.08. The van der Waals surface area contributed by atoms with Crippen LogP contribution in [-0.2, 0) is 12.8 Å². The van der Waals surface area contributed by atoms with E-state index in [1.54, 1.807) is 0 Å². The second-order valence-electron chi connectivity index (χ2n) is 15.0. The number of aryl methyl sites for hydroxylation is 3. The Labute approximate surface area is 324 Å². The van der Waals surface area contributed by atoms with Crippen LogP contribution in [0.4, 0.5) is 0 Å². The molecule has 264 valence electrons. The van der Waals surface area contributed by atoms with Crippen molar-refractivity contribution in [3.05, 3.63) is 173 Å². The molecule has 0 aliphatic heterocycles. The van der Waals surface area contributed by atoms with Gasteiger partial charge >= 0.3 is 0 Å². The molecule has 9 aromatic rings. The first-order chi connectivity index (χ1) is 27.6. The van der Waals surface area contributed by atoms with Gasteiger partial charge in [0.2, 0.25) is 0 Å². The van der Waals surface area contributed by atoms with Crippen molar-refractivity contribution in [2.45, 2.75) is 32.6 Å². The molecule has 6 aromatic carbocycles. The van der Waals surface area contributed by atoms with E-state index < -0.39 is 0 Å². The average Bonchev–Trinajstić information content (AvgIpc) is 3.89. The molecule has 0 radical (unpaired) electrons. The number of para-hydroxylation sites is 4. The SMILES string of the molecule is Cc1cc(C#N)c(-c2cc(-n3c4ccccc4c4ccccc43)c(-n3c4c(c5ccccc53)CCC=C4)cc2C#N)cc1-n1c2c(c3ccccc31)CCC=C2. The Balaban J connectivity index is 1.27. The van der Waals surface area contributed by atoms with Gasteiger partial charge in [0.25, 0.3) is 0 Å². The summed E-state index contributed by atoms with van der Waals surface area (Å²) >= 11 is 0. The number of allylic oxidation sites excluding steroid dienone is 2. The van der Waals surface area contributed by atoms with E-state index in [0.717, 1.165) is 98.0 Å². The molecule has 0 amide bonds. The van der Waals surface area contributed by atoms with Crippen molar-refractivity contribution in [3.63, 3.8) is 0 Å². The van der Waals surface area contributed by atoms with Gasteiger partial charge in [0.1, 0.15) is 0 Å². The molecular formula is C51H35N5. The number of hydrogen-bond donors (Lipinski definition) is 0. The van der Waals surface area contributed by atoms with Crippen molar-refractivity contribution in [3.8, 4) is 40.3 Å². The maximum absolute atomic E-state index is 11.1. The standard InChI is InChI=1S/C51H35N5/c1-32-26-33(30-52)41(28-49(32)54-43-20-8-2-14-35(43)36-15-3-9-21-44(36)54)42-29-51(56-47-24-12-6-18-39(47)40-19-7-13-25-48(40)56)50(27-34(42)31-53)55-45-22-10-4-16-37(45)38-17-5-11-23-46(38)55/h2,4,6-14,16,18-29H,3,5,15,17H2,1H3. The molecule has 3 aromatic heterocycles. The quantitative estimate of drug-likeness (QED) is 0.182. The predicted octanol–water partition coefficient (Wildman–Crippen LogP) is 12.3. The summed E-state index contributed by atoms with van der Waals surface area (Å²) in [7, 11) is 0. The summed E-state index contributed by atoms with van der Waals surface area (Å²) in [4.78, 5) is 0. The van der Waals surface area contributed by atoms with Gasteiger partial charge in [-0.3, -0.25) is 0 Å². The van der Waals surface area contributed by atoms with Crippen LogP contribution in [-0.4, -0.2) is 13.7 Å². The summed E-state index contributed by atoms with van der Waals surface area (Å²) in [6.07, 6.45) is 12.9. The van der Waals surface area contributed by atoms with E-state index in [1.165, 1.54) is 27.6 Å². The minimum absolute atomic E-state index is 0.515. The van der Waals surface area contributed by atoms with Gasteiger partial charge in [-0.1, -0.05) is 84.9 Å². The first kappa shape index (κ1) is 32.1. The number of hydrogen-bond acceptors (Lipinski definition) is 2. The van der Waals surface area contributed by atoms with E-state index in [1.807, 2.05) is 6.07 Å². The molecule has 0 spiro atoms. The zero-order chi connectivity index (χ0) is 37.5. The monoisotopic (exact) mass is 717 g/mol. The number of fused-ring (bicyclic) bond motifs is 9. The molecular weight excluding hydrogens is 683 g/mol. The highest BCUT2D eigenvalue weighted by Crippen LogP contribution is 2.43. The smallest absolute Gasteiger partial charge is 0.0999 e. The van der Waals surface area contributed by atoms with Crippen LogP contribution in [0.25, 0.3) is 84.0 Å². The van der Waals surface area contributed by atoms with Crippen LogP contribution in [0.3, 0.4) is 0 Å². The molecule has 3 heterocycles. The van der Waals surface area contributed by atoms with Gasteiger partial charge in [0.15, 0.2) is 0 Å². The van der Waals surface area contributed by atoms with Gasteiger partial charge in [0, 0.05) is 49.7 Å². The van der Waals surface area contributed by atoms with Gasteiger partial charge in [-0.2, -0.15) is 10.5 Å². The Morgan fingerprint density at radius 3 is 1.39 bits per heavy atom. The molecule has 0 saturated carbocycles. The first-order valence-corrected chi connectivity index (χ1v) is 19.3. The summed E-state index contributed by atoms with van der Waals surface area (Å²) < 4.78 is 7.04. The van der Waals surface area contributed by atoms with Crippen LogP contribution in [0.1, 0.15) is 52.0 Å². The Kier molecular flexibility index (Phi) is 7.08. The van der Waals surface area contributed by atoms with Gasteiger partial charge in [-0.25, -0.2) is 0 Å². The van der Waals surface area contributed by atoms with Gasteiger partial charge in [-0.15, -0.1) is 0 Å². The molecule has 5 heteroatoms. The van der Waals surface area contributed by atoms with E-state index in [9.17, 15) is 10.5 Å². The molecule has 5 nitrogen and oxygen atoms in total. The van der Waals surface area contributed by atoms with E-state index in [2.05, 4.69) is 172 Å². The van der Waals surface area contributed by atoms with Crippen molar-refractivity contribution < 1.29 is 0 Å². The fourth-order valence-electron chi connectivity index (χ4n) is 9.58. The normalized spacial score (nSPS) is 13.3. The molecule has 0 N–H and O–H groups in total. The number of nitriles is 2. The number of aromatic nitrogens is 3. The van der Waals surface area contributed by atoms with Crippen molar-refractivity contribution in [2.24, 2.45) is 0 Å². The third kappa shape index (κ3) is 4.52. The largest absolute Gasteiger partial charge is 0.309 e. The Morgan fingerprint density at radius 1 is 0.464 bits per heavy atom. The molecule has 0 fully saturated rings. The van der Waals surface area contributed by atoms with Crippen LogP contribution >= 0.6 is 0 Å². The van der Waals surface area contributed by atoms with Crippen molar-refractivity contribution in [2.75, 3.05) is 0 Å². The average molecular weight is 718 g/mol. The third-order valence-corrected chi connectivity index (χ3v) is 12.0.